The lowest BCUT2D eigenvalue weighted by Gasteiger charge is -2.11. The van der Waals surface area contributed by atoms with Crippen molar-refractivity contribution in [2.45, 2.75) is 11.3 Å². The summed E-state index contributed by atoms with van der Waals surface area (Å²) < 4.78 is 33.6. The third-order valence-electron chi connectivity index (χ3n) is 4.27. The number of nitrogens with zero attached hydrogens (tertiary/aromatic N) is 2. The summed E-state index contributed by atoms with van der Waals surface area (Å²) in [5.74, 6) is 0.312. The molecule has 8 nitrogen and oxygen atoms in total. The zero-order chi connectivity index (χ0) is 19.0. The maximum atomic E-state index is 12.9. The lowest BCUT2D eigenvalue weighted by molar-refractivity contribution is 0.415. The number of aromatic nitrogens is 3. The molecule has 4 rings (SSSR count). The number of pyridine rings is 1. The molecule has 3 N–H and O–H groups in total. The number of rotatable bonds is 5. The second kappa shape index (κ2) is 6.34. The highest BCUT2D eigenvalue weighted by Gasteiger charge is 2.22. The van der Waals surface area contributed by atoms with Crippen LogP contribution in [0.1, 0.15) is 5.56 Å². The van der Waals surface area contributed by atoms with Crippen LogP contribution < -0.4 is 9.46 Å². The van der Waals surface area contributed by atoms with Crippen molar-refractivity contribution >= 4 is 37.6 Å². The highest BCUT2D eigenvalue weighted by Crippen LogP contribution is 2.31. The summed E-state index contributed by atoms with van der Waals surface area (Å²) in [6, 6.07) is 9.14. The van der Waals surface area contributed by atoms with E-state index in [1.54, 1.807) is 18.3 Å². The zero-order valence-electron chi connectivity index (χ0n) is 14.3. The van der Waals surface area contributed by atoms with Gasteiger partial charge in [0, 0.05) is 29.4 Å². The Balaban J connectivity index is 1.76. The molecule has 0 radical (unpaired) electrons. The van der Waals surface area contributed by atoms with Crippen molar-refractivity contribution in [1.82, 2.24) is 15.0 Å². The van der Waals surface area contributed by atoms with Crippen LogP contribution in [0.4, 0.5) is 5.82 Å². The van der Waals surface area contributed by atoms with E-state index < -0.39 is 10.0 Å². The molecule has 0 saturated heterocycles. The largest absolute Gasteiger partial charge is 0.493 e. The smallest absolute Gasteiger partial charge is 0.265 e. The quantitative estimate of drug-likeness (QED) is 0.490. The lowest BCUT2D eigenvalue weighted by Crippen LogP contribution is -2.14. The number of nitriles is 1. The van der Waals surface area contributed by atoms with Gasteiger partial charge in [0.2, 0.25) is 0 Å². The molecule has 0 atom stereocenters. The number of fused-ring (bicyclic) bond motifs is 3. The van der Waals surface area contributed by atoms with Gasteiger partial charge in [0.1, 0.15) is 4.90 Å². The Kier molecular flexibility index (Phi) is 3.97. The monoisotopic (exact) mass is 381 g/mol. The van der Waals surface area contributed by atoms with E-state index in [1.165, 1.54) is 19.5 Å². The molecular weight excluding hydrogens is 366 g/mol. The van der Waals surface area contributed by atoms with Gasteiger partial charge < -0.3 is 14.7 Å². The maximum Gasteiger partial charge on any atom is 0.265 e. The molecular formula is C18H15N5O3S. The van der Waals surface area contributed by atoms with E-state index in [2.05, 4.69) is 19.7 Å². The molecule has 136 valence electrons. The molecule has 0 bridgehead atoms. The Morgan fingerprint density at radius 3 is 2.89 bits per heavy atom. The molecule has 0 spiro atoms. The molecule has 3 aromatic heterocycles. The van der Waals surface area contributed by atoms with Gasteiger partial charge in [0.15, 0.2) is 11.6 Å². The van der Waals surface area contributed by atoms with Crippen LogP contribution in [0.2, 0.25) is 0 Å². The third-order valence-corrected chi connectivity index (χ3v) is 5.65. The number of methoxy groups -OCH3 is 1. The minimum atomic E-state index is -3.91. The first kappa shape index (κ1) is 16.9. The standard InChI is InChI=1S/C18H15N5O3S/c1-26-14-8-11(4-6-19)9-22-18(14)23-27(24,25)15-10-21-17-13(15)3-2-12-5-7-20-16(12)17/h2-3,5,7-10,20-21H,4H2,1H3,(H,22,23). The normalized spacial score (nSPS) is 11.6. The van der Waals surface area contributed by atoms with Crippen molar-refractivity contribution in [2.24, 2.45) is 0 Å². The molecule has 0 unspecified atom stereocenters. The fraction of sp³-hybridized carbons (Fsp3) is 0.111. The number of ether oxygens (including phenoxy) is 1. The van der Waals surface area contributed by atoms with Crippen LogP contribution in [0.3, 0.4) is 0 Å². The van der Waals surface area contributed by atoms with Gasteiger partial charge in [-0.15, -0.1) is 0 Å². The lowest BCUT2D eigenvalue weighted by atomic mass is 10.2. The Morgan fingerprint density at radius 1 is 1.26 bits per heavy atom. The molecule has 9 heteroatoms. The summed E-state index contributed by atoms with van der Waals surface area (Å²) in [4.78, 5) is 10.3. The van der Waals surface area contributed by atoms with Gasteiger partial charge >= 0.3 is 0 Å². The van der Waals surface area contributed by atoms with Gasteiger partial charge in [0.05, 0.1) is 30.6 Å². The van der Waals surface area contributed by atoms with Crippen molar-refractivity contribution in [3.8, 4) is 11.8 Å². The first-order chi connectivity index (χ1) is 13.0. The molecule has 27 heavy (non-hydrogen) atoms. The fourth-order valence-electron chi connectivity index (χ4n) is 3.01. The first-order valence-electron chi connectivity index (χ1n) is 8.03. The van der Waals surface area contributed by atoms with Crippen molar-refractivity contribution in [3.05, 3.63) is 48.4 Å². The average molecular weight is 381 g/mol. The summed E-state index contributed by atoms with van der Waals surface area (Å²) in [5.41, 5.74) is 2.19. The van der Waals surface area contributed by atoms with Crippen LogP contribution in [0.25, 0.3) is 21.8 Å². The summed E-state index contributed by atoms with van der Waals surface area (Å²) >= 11 is 0. The molecule has 0 aliphatic carbocycles. The predicted octanol–water partition coefficient (Wildman–Crippen LogP) is 2.92. The van der Waals surface area contributed by atoms with Gasteiger partial charge in [0.25, 0.3) is 10.0 Å². The van der Waals surface area contributed by atoms with Gasteiger partial charge in [-0.25, -0.2) is 13.4 Å². The zero-order valence-corrected chi connectivity index (χ0v) is 15.1. The van der Waals surface area contributed by atoms with Crippen molar-refractivity contribution in [2.75, 3.05) is 11.8 Å². The molecule has 0 saturated carbocycles. The summed E-state index contributed by atoms with van der Waals surface area (Å²) in [5, 5.41) is 10.3. The average Bonchev–Trinajstić information content (AvgIpc) is 3.29. The molecule has 4 aromatic rings. The number of hydrogen-bond acceptors (Lipinski definition) is 5. The van der Waals surface area contributed by atoms with Crippen molar-refractivity contribution in [1.29, 1.82) is 5.26 Å². The molecule has 0 amide bonds. The van der Waals surface area contributed by atoms with Gasteiger partial charge in [-0.1, -0.05) is 12.1 Å². The Hall–Kier alpha value is -3.51. The van der Waals surface area contributed by atoms with Crippen LogP contribution in [0, 0.1) is 11.3 Å². The van der Waals surface area contributed by atoms with E-state index in [4.69, 9.17) is 10.00 Å². The number of benzene rings is 1. The van der Waals surface area contributed by atoms with E-state index in [1.807, 2.05) is 18.2 Å². The number of anilines is 1. The number of nitrogens with one attached hydrogen (secondary N) is 3. The van der Waals surface area contributed by atoms with Crippen LogP contribution in [-0.4, -0.2) is 30.5 Å². The molecule has 0 aliphatic rings. The van der Waals surface area contributed by atoms with Crippen molar-refractivity contribution in [3.63, 3.8) is 0 Å². The Morgan fingerprint density at radius 2 is 2.11 bits per heavy atom. The van der Waals surface area contributed by atoms with Crippen LogP contribution >= 0.6 is 0 Å². The van der Waals surface area contributed by atoms with E-state index >= 15 is 0 Å². The minimum Gasteiger partial charge on any atom is -0.493 e. The SMILES string of the molecule is COc1cc(CC#N)cnc1NS(=O)(=O)c1c[nH]c2c1ccc1cc[nH]c12. The molecule has 0 aliphatic heterocycles. The van der Waals surface area contributed by atoms with E-state index in [9.17, 15) is 8.42 Å². The highest BCUT2D eigenvalue weighted by atomic mass is 32.2. The summed E-state index contributed by atoms with van der Waals surface area (Å²) in [6.45, 7) is 0. The van der Waals surface area contributed by atoms with Crippen LogP contribution in [0.15, 0.2) is 47.8 Å². The van der Waals surface area contributed by atoms with Gasteiger partial charge in [-0.05, 0) is 17.7 Å². The van der Waals surface area contributed by atoms with Gasteiger partial charge in [-0.3, -0.25) is 4.72 Å². The third kappa shape index (κ3) is 2.86. The molecule has 0 fully saturated rings. The van der Waals surface area contributed by atoms with E-state index in [0.717, 1.165) is 10.9 Å². The number of hydrogen-bond donors (Lipinski definition) is 3. The summed E-state index contributed by atoms with van der Waals surface area (Å²) in [7, 11) is -2.49. The highest BCUT2D eigenvalue weighted by molar-refractivity contribution is 7.93. The second-order valence-corrected chi connectivity index (χ2v) is 7.57. The number of H-pyrrole nitrogens is 2. The van der Waals surface area contributed by atoms with Gasteiger partial charge in [-0.2, -0.15) is 5.26 Å². The molecule has 1 aromatic carbocycles. The maximum absolute atomic E-state index is 12.9. The second-order valence-electron chi connectivity index (χ2n) is 5.92. The molecule has 3 heterocycles. The predicted molar refractivity (Wildman–Crippen MR) is 101 cm³/mol. The first-order valence-corrected chi connectivity index (χ1v) is 9.51. The Bertz CT molecular complexity index is 1300. The summed E-state index contributed by atoms with van der Waals surface area (Å²) in [6.07, 6.45) is 4.85. The number of sulfonamides is 1. The fourth-order valence-corrected chi connectivity index (χ4v) is 4.20. The van der Waals surface area contributed by atoms with E-state index in [0.29, 0.717) is 16.5 Å². The van der Waals surface area contributed by atoms with E-state index in [-0.39, 0.29) is 22.9 Å². The van der Waals surface area contributed by atoms with Crippen molar-refractivity contribution < 1.29 is 13.2 Å². The minimum absolute atomic E-state index is 0.0643. The number of aromatic amines is 2. The van der Waals surface area contributed by atoms with Crippen LogP contribution in [-0.2, 0) is 16.4 Å². The topological polar surface area (TPSA) is 124 Å². The van der Waals surface area contributed by atoms with Crippen LogP contribution in [0.5, 0.6) is 5.75 Å². The Labute approximate surface area is 154 Å².